The molecule has 0 atom stereocenters. The summed E-state index contributed by atoms with van der Waals surface area (Å²) in [7, 11) is 1.81. The number of aliphatic imine (C=N–C) groups is 1. The lowest BCUT2D eigenvalue weighted by Gasteiger charge is -2.33. The smallest absolute Gasteiger partial charge is 0.319 e. The molecule has 7 nitrogen and oxygen atoms in total. The maximum atomic E-state index is 11.8. The Morgan fingerprint density at radius 1 is 1.03 bits per heavy atom. The number of amides is 2. The van der Waals surface area contributed by atoms with Crippen LogP contribution in [0.4, 0.5) is 10.5 Å². The van der Waals surface area contributed by atoms with Crippen LogP contribution in [0, 0.1) is 0 Å². The molecule has 4 N–H and O–H groups in total. The number of rotatable bonds is 7. The molecule has 0 aromatic heterocycles. The fourth-order valence-electron chi connectivity index (χ4n) is 3.79. The van der Waals surface area contributed by atoms with Crippen molar-refractivity contribution in [3.63, 3.8) is 0 Å². The second kappa shape index (κ2) is 14.0. The van der Waals surface area contributed by atoms with E-state index in [2.05, 4.69) is 61.5 Å². The summed E-state index contributed by atoms with van der Waals surface area (Å²) in [5.74, 6) is 0.824. The highest BCUT2D eigenvalue weighted by Gasteiger charge is 2.20. The number of carbonyl (C=O) groups excluding carboxylic acids is 1. The molecule has 2 aromatic rings. The Kier molecular flexibility index (Phi) is 11.5. The highest BCUT2D eigenvalue weighted by atomic mass is 127. The van der Waals surface area contributed by atoms with Gasteiger partial charge in [0, 0.05) is 51.0 Å². The van der Waals surface area contributed by atoms with Crippen molar-refractivity contribution in [1.82, 2.24) is 20.9 Å². The predicted molar refractivity (Wildman–Crippen MR) is 147 cm³/mol. The number of halogens is 1. The number of hydrogen-bond donors (Lipinski definition) is 4. The number of anilines is 1. The molecule has 0 saturated carbocycles. The number of urea groups is 1. The first-order valence-electron chi connectivity index (χ1n) is 11.4. The molecule has 1 heterocycles. The molecular weight excluding hydrogens is 527 g/mol. The molecule has 0 spiro atoms. The SMILES string of the molecule is CN=C(NCc1ccc(NC(=O)NC(C)C)cc1)NC1CCN(Cc2ccccc2)CC1.I. The quantitative estimate of drug-likeness (QED) is 0.231. The lowest BCUT2D eigenvalue weighted by molar-refractivity contribution is 0.198. The van der Waals surface area contributed by atoms with E-state index in [9.17, 15) is 4.79 Å². The van der Waals surface area contributed by atoms with Gasteiger partial charge in [0.05, 0.1) is 0 Å². The van der Waals surface area contributed by atoms with E-state index in [1.807, 2.05) is 38.1 Å². The molecule has 2 aromatic carbocycles. The molecule has 0 radical (unpaired) electrons. The zero-order valence-corrected chi connectivity index (χ0v) is 22.1. The second-order valence-corrected chi connectivity index (χ2v) is 8.56. The van der Waals surface area contributed by atoms with E-state index in [-0.39, 0.29) is 36.0 Å². The van der Waals surface area contributed by atoms with Gasteiger partial charge in [-0.25, -0.2) is 4.79 Å². The first kappa shape index (κ1) is 26.9. The Morgan fingerprint density at radius 3 is 2.30 bits per heavy atom. The van der Waals surface area contributed by atoms with Crippen LogP contribution in [0.1, 0.15) is 37.8 Å². The Bertz CT molecular complexity index is 864. The Morgan fingerprint density at radius 2 is 1.70 bits per heavy atom. The van der Waals surface area contributed by atoms with Crippen LogP contribution in [-0.4, -0.2) is 49.1 Å². The lowest BCUT2D eigenvalue weighted by Crippen LogP contribution is -2.48. The minimum absolute atomic E-state index is 0. The summed E-state index contributed by atoms with van der Waals surface area (Å²) < 4.78 is 0. The molecule has 1 aliphatic heterocycles. The van der Waals surface area contributed by atoms with Gasteiger partial charge >= 0.3 is 6.03 Å². The van der Waals surface area contributed by atoms with Gasteiger partial charge < -0.3 is 21.3 Å². The molecule has 1 fully saturated rings. The first-order valence-corrected chi connectivity index (χ1v) is 11.4. The minimum Gasteiger partial charge on any atom is -0.354 e. The maximum absolute atomic E-state index is 11.8. The van der Waals surface area contributed by atoms with Gasteiger partial charge in [-0.05, 0) is 49.9 Å². The molecule has 180 valence electrons. The Hall–Kier alpha value is -2.33. The monoisotopic (exact) mass is 564 g/mol. The molecule has 0 unspecified atom stereocenters. The third-order valence-electron chi connectivity index (χ3n) is 5.49. The Labute approximate surface area is 214 Å². The maximum Gasteiger partial charge on any atom is 0.319 e. The number of benzene rings is 2. The second-order valence-electron chi connectivity index (χ2n) is 8.56. The first-order chi connectivity index (χ1) is 15.5. The van der Waals surface area contributed by atoms with Gasteiger partial charge in [-0.2, -0.15) is 0 Å². The van der Waals surface area contributed by atoms with Crippen molar-refractivity contribution in [2.24, 2.45) is 4.99 Å². The third kappa shape index (κ3) is 9.59. The molecule has 33 heavy (non-hydrogen) atoms. The number of hydrogen-bond acceptors (Lipinski definition) is 3. The fourth-order valence-corrected chi connectivity index (χ4v) is 3.79. The minimum atomic E-state index is -0.190. The van der Waals surface area contributed by atoms with Crippen LogP contribution in [-0.2, 0) is 13.1 Å². The summed E-state index contributed by atoms with van der Waals surface area (Å²) in [4.78, 5) is 18.7. The van der Waals surface area contributed by atoms with Gasteiger partial charge in [0.25, 0.3) is 0 Å². The Balaban J connectivity index is 0.00000385. The van der Waals surface area contributed by atoms with E-state index in [0.29, 0.717) is 12.6 Å². The summed E-state index contributed by atoms with van der Waals surface area (Å²) in [6.07, 6.45) is 2.21. The summed E-state index contributed by atoms with van der Waals surface area (Å²) in [5, 5.41) is 12.6. The van der Waals surface area contributed by atoms with Crippen molar-refractivity contribution in [2.45, 2.75) is 51.9 Å². The topological polar surface area (TPSA) is 80.8 Å². The van der Waals surface area contributed by atoms with Crippen LogP contribution < -0.4 is 21.3 Å². The van der Waals surface area contributed by atoms with Crippen LogP contribution in [0.2, 0.25) is 0 Å². The lowest BCUT2D eigenvalue weighted by atomic mass is 10.0. The zero-order chi connectivity index (χ0) is 22.8. The molecule has 3 rings (SSSR count). The van der Waals surface area contributed by atoms with Crippen LogP contribution in [0.25, 0.3) is 0 Å². The molecule has 0 bridgehead atoms. The van der Waals surface area contributed by atoms with Gasteiger partial charge in [-0.15, -0.1) is 24.0 Å². The van der Waals surface area contributed by atoms with Crippen molar-refractivity contribution in [1.29, 1.82) is 0 Å². The normalized spacial score (nSPS) is 15.0. The van der Waals surface area contributed by atoms with E-state index >= 15 is 0 Å². The number of piperidine rings is 1. The molecule has 0 aliphatic carbocycles. The fraction of sp³-hybridized carbons (Fsp3) is 0.440. The van der Waals surface area contributed by atoms with E-state index in [0.717, 1.165) is 49.7 Å². The number of carbonyl (C=O) groups is 1. The number of nitrogens with one attached hydrogen (secondary N) is 4. The van der Waals surface area contributed by atoms with Crippen LogP contribution >= 0.6 is 24.0 Å². The summed E-state index contributed by atoms with van der Waals surface area (Å²) in [5.41, 5.74) is 3.27. The standard InChI is InChI=1S/C25H36N6O.HI/c1-19(2)28-25(32)30-22-11-9-20(10-12-22)17-27-24(26-3)29-23-13-15-31(16-14-23)18-21-7-5-4-6-8-21;/h4-12,19,23H,13-18H2,1-3H3,(H2,26,27,29)(H2,28,30,32);1H. The van der Waals surface area contributed by atoms with Gasteiger partial charge in [-0.3, -0.25) is 9.89 Å². The predicted octanol–water partition coefficient (Wildman–Crippen LogP) is 4.16. The average molecular weight is 565 g/mol. The van der Waals surface area contributed by atoms with E-state index < -0.39 is 0 Å². The zero-order valence-electron chi connectivity index (χ0n) is 19.8. The average Bonchev–Trinajstić information content (AvgIpc) is 2.79. The van der Waals surface area contributed by atoms with E-state index in [1.54, 1.807) is 7.05 Å². The van der Waals surface area contributed by atoms with Crippen LogP contribution in [0.3, 0.4) is 0 Å². The van der Waals surface area contributed by atoms with E-state index in [1.165, 1.54) is 5.56 Å². The van der Waals surface area contributed by atoms with Crippen LogP contribution in [0.5, 0.6) is 0 Å². The summed E-state index contributed by atoms with van der Waals surface area (Å²) in [6, 6.07) is 18.8. The molecule has 2 amide bonds. The van der Waals surface area contributed by atoms with Gasteiger partial charge in [0.1, 0.15) is 0 Å². The van der Waals surface area contributed by atoms with Crippen molar-refractivity contribution in [3.8, 4) is 0 Å². The number of guanidine groups is 1. The highest BCUT2D eigenvalue weighted by molar-refractivity contribution is 14.0. The van der Waals surface area contributed by atoms with Gasteiger partial charge in [0.15, 0.2) is 5.96 Å². The largest absolute Gasteiger partial charge is 0.354 e. The van der Waals surface area contributed by atoms with Crippen LogP contribution in [0.15, 0.2) is 59.6 Å². The molecular formula is C25H37IN6O. The van der Waals surface area contributed by atoms with Crippen molar-refractivity contribution < 1.29 is 4.79 Å². The van der Waals surface area contributed by atoms with Crippen molar-refractivity contribution in [2.75, 3.05) is 25.5 Å². The summed E-state index contributed by atoms with van der Waals surface area (Å²) >= 11 is 0. The van der Waals surface area contributed by atoms with Gasteiger partial charge in [-0.1, -0.05) is 42.5 Å². The molecule has 1 saturated heterocycles. The van der Waals surface area contributed by atoms with E-state index in [4.69, 9.17) is 0 Å². The third-order valence-corrected chi connectivity index (χ3v) is 5.49. The highest BCUT2D eigenvalue weighted by Crippen LogP contribution is 2.14. The number of nitrogens with zero attached hydrogens (tertiary/aromatic N) is 2. The number of likely N-dealkylation sites (tertiary alicyclic amines) is 1. The van der Waals surface area contributed by atoms with Gasteiger partial charge in [0.2, 0.25) is 0 Å². The molecule has 1 aliphatic rings. The van der Waals surface area contributed by atoms with Crippen molar-refractivity contribution >= 4 is 41.7 Å². The van der Waals surface area contributed by atoms with Crippen molar-refractivity contribution in [3.05, 3.63) is 65.7 Å². The summed E-state index contributed by atoms with van der Waals surface area (Å²) in [6.45, 7) is 7.73. The molecule has 8 heteroatoms.